The Labute approximate surface area is 135 Å². The third kappa shape index (κ3) is 2.14. The lowest BCUT2D eigenvalue weighted by Crippen LogP contribution is -2.33. The van der Waals surface area contributed by atoms with Gasteiger partial charge in [0, 0.05) is 28.7 Å². The third-order valence-electron chi connectivity index (χ3n) is 4.43. The number of aromatic carboxylic acids is 1. The van der Waals surface area contributed by atoms with E-state index in [1.807, 2.05) is 0 Å². The molecule has 0 spiro atoms. The first-order chi connectivity index (χ1) is 11.0. The van der Waals surface area contributed by atoms with Crippen LogP contribution in [0.25, 0.3) is 22.2 Å². The van der Waals surface area contributed by atoms with Crippen molar-refractivity contribution in [3.63, 3.8) is 0 Å². The molecule has 2 aromatic heterocycles. The van der Waals surface area contributed by atoms with Crippen molar-refractivity contribution in [2.45, 2.75) is 24.9 Å². The zero-order valence-electron chi connectivity index (χ0n) is 12.0. The van der Waals surface area contributed by atoms with E-state index < -0.39 is 11.6 Å². The number of aliphatic hydroxyl groups is 1. The van der Waals surface area contributed by atoms with E-state index in [1.54, 1.807) is 18.2 Å². The van der Waals surface area contributed by atoms with E-state index in [0.717, 1.165) is 6.42 Å². The molecule has 0 aliphatic heterocycles. The molecule has 0 radical (unpaired) electrons. The van der Waals surface area contributed by atoms with Crippen LogP contribution in [0.4, 0.5) is 0 Å². The number of fused-ring (bicyclic) bond motifs is 1. The van der Waals surface area contributed by atoms with Gasteiger partial charge in [0.2, 0.25) is 0 Å². The molecule has 3 N–H and O–H groups in total. The average molecular weight is 333 g/mol. The van der Waals surface area contributed by atoms with Crippen LogP contribution < -0.4 is 0 Å². The van der Waals surface area contributed by atoms with Crippen molar-refractivity contribution in [2.24, 2.45) is 0 Å². The second kappa shape index (κ2) is 4.84. The Kier molecular flexibility index (Phi) is 3.01. The molecular formula is C16H13ClN2O4. The molecule has 0 atom stereocenters. The highest BCUT2D eigenvalue weighted by Crippen LogP contribution is 2.42. The van der Waals surface area contributed by atoms with Crippen LogP contribution in [0.2, 0.25) is 5.02 Å². The molecule has 1 aromatic carbocycles. The number of carbonyl (C=O) groups is 1. The number of rotatable bonds is 3. The van der Waals surface area contributed by atoms with E-state index in [4.69, 9.17) is 16.1 Å². The monoisotopic (exact) mass is 332 g/mol. The summed E-state index contributed by atoms with van der Waals surface area (Å²) in [6, 6.07) is 4.98. The number of hydrogen-bond acceptors (Lipinski definition) is 4. The first kappa shape index (κ1) is 14.3. The van der Waals surface area contributed by atoms with E-state index in [0.29, 0.717) is 45.8 Å². The van der Waals surface area contributed by atoms with Crippen molar-refractivity contribution in [3.8, 4) is 11.3 Å². The van der Waals surface area contributed by atoms with Crippen LogP contribution >= 0.6 is 11.6 Å². The Bertz CT molecular complexity index is 923. The van der Waals surface area contributed by atoms with Crippen LogP contribution in [0.5, 0.6) is 0 Å². The van der Waals surface area contributed by atoms with Crippen molar-refractivity contribution < 1.29 is 19.5 Å². The molecule has 7 heteroatoms. The van der Waals surface area contributed by atoms with E-state index in [2.05, 4.69) is 10.1 Å². The number of nitrogens with one attached hydrogen (secondary N) is 1. The summed E-state index contributed by atoms with van der Waals surface area (Å²) >= 11 is 6.28. The summed E-state index contributed by atoms with van der Waals surface area (Å²) in [4.78, 5) is 14.2. The van der Waals surface area contributed by atoms with Crippen molar-refractivity contribution in [1.82, 2.24) is 10.1 Å². The molecule has 1 aliphatic rings. The zero-order valence-corrected chi connectivity index (χ0v) is 12.7. The van der Waals surface area contributed by atoms with Gasteiger partial charge in [-0.3, -0.25) is 0 Å². The molecule has 1 aliphatic carbocycles. The van der Waals surface area contributed by atoms with Crippen molar-refractivity contribution >= 4 is 28.5 Å². The van der Waals surface area contributed by atoms with E-state index in [9.17, 15) is 15.0 Å². The van der Waals surface area contributed by atoms with Crippen LogP contribution in [0, 0.1) is 0 Å². The number of halogens is 1. The van der Waals surface area contributed by atoms with Gasteiger partial charge in [-0.1, -0.05) is 16.8 Å². The fourth-order valence-electron chi connectivity index (χ4n) is 2.90. The largest absolute Gasteiger partial charge is 0.478 e. The summed E-state index contributed by atoms with van der Waals surface area (Å²) in [6.07, 6.45) is 3.70. The summed E-state index contributed by atoms with van der Waals surface area (Å²) in [5.41, 5.74) is 0.910. The molecular weight excluding hydrogens is 320 g/mol. The van der Waals surface area contributed by atoms with Gasteiger partial charge in [0.05, 0.1) is 10.6 Å². The zero-order chi connectivity index (χ0) is 16.2. The molecule has 0 saturated heterocycles. The maximum atomic E-state index is 11.3. The summed E-state index contributed by atoms with van der Waals surface area (Å²) in [5.74, 6) is -0.615. The van der Waals surface area contributed by atoms with Crippen LogP contribution in [0.1, 0.15) is 35.3 Å². The average Bonchev–Trinajstić information content (AvgIpc) is 3.10. The number of aromatic amines is 1. The van der Waals surface area contributed by atoms with Gasteiger partial charge in [-0.25, -0.2) is 4.79 Å². The quantitative estimate of drug-likeness (QED) is 0.681. The molecule has 1 saturated carbocycles. The topological polar surface area (TPSA) is 99.3 Å². The molecule has 0 amide bonds. The SMILES string of the molecule is O=C(O)c1c[nH]c2cc(Cl)c(-c3cc(C4(O)CCC4)no3)cc12. The second-order valence-electron chi connectivity index (χ2n) is 5.85. The van der Waals surface area contributed by atoms with Crippen molar-refractivity contribution in [3.05, 3.63) is 40.7 Å². The van der Waals surface area contributed by atoms with Crippen LogP contribution in [-0.4, -0.2) is 26.3 Å². The molecule has 1 fully saturated rings. The molecule has 2 heterocycles. The molecule has 118 valence electrons. The smallest absolute Gasteiger partial charge is 0.337 e. The second-order valence-corrected chi connectivity index (χ2v) is 6.25. The van der Waals surface area contributed by atoms with Gasteiger partial charge >= 0.3 is 5.97 Å². The predicted molar refractivity (Wildman–Crippen MR) is 83.5 cm³/mol. The summed E-state index contributed by atoms with van der Waals surface area (Å²) in [6.45, 7) is 0. The van der Waals surface area contributed by atoms with Gasteiger partial charge in [-0.05, 0) is 31.4 Å². The first-order valence-electron chi connectivity index (χ1n) is 7.22. The number of aromatic nitrogens is 2. The summed E-state index contributed by atoms with van der Waals surface area (Å²) in [7, 11) is 0. The highest BCUT2D eigenvalue weighted by Gasteiger charge is 2.39. The number of nitrogens with zero attached hydrogens (tertiary/aromatic N) is 1. The maximum absolute atomic E-state index is 11.3. The Balaban J connectivity index is 1.83. The Morgan fingerprint density at radius 1 is 1.35 bits per heavy atom. The molecule has 0 unspecified atom stereocenters. The van der Waals surface area contributed by atoms with E-state index in [1.165, 1.54) is 6.20 Å². The van der Waals surface area contributed by atoms with Crippen LogP contribution in [0.15, 0.2) is 28.9 Å². The maximum Gasteiger partial charge on any atom is 0.337 e. The number of H-pyrrole nitrogens is 1. The van der Waals surface area contributed by atoms with Crippen molar-refractivity contribution in [2.75, 3.05) is 0 Å². The molecule has 4 rings (SSSR count). The normalized spacial score (nSPS) is 16.4. The van der Waals surface area contributed by atoms with Gasteiger partial charge in [0.15, 0.2) is 5.76 Å². The lowest BCUT2D eigenvalue weighted by Gasteiger charge is -2.34. The fraction of sp³-hybridized carbons (Fsp3) is 0.250. The van der Waals surface area contributed by atoms with E-state index in [-0.39, 0.29) is 5.56 Å². The highest BCUT2D eigenvalue weighted by atomic mass is 35.5. The van der Waals surface area contributed by atoms with Gasteiger partial charge in [0.1, 0.15) is 11.3 Å². The van der Waals surface area contributed by atoms with Gasteiger partial charge in [-0.15, -0.1) is 0 Å². The summed E-state index contributed by atoms with van der Waals surface area (Å²) < 4.78 is 5.33. The fourth-order valence-corrected chi connectivity index (χ4v) is 3.16. The number of carboxylic acid groups (broad SMARTS) is 1. The molecule has 6 nitrogen and oxygen atoms in total. The Morgan fingerprint density at radius 3 is 2.78 bits per heavy atom. The predicted octanol–water partition coefficient (Wildman–Crippen LogP) is 3.55. The van der Waals surface area contributed by atoms with Gasteiger partial charge in [-0.2, -0.15) is 0 Å². The number of carboxylic acids is 1. The number of benzene rings is 1. The third-order valence-corrected chi connectivity index (χ3v) is 4.75. The highest BCUT2D eigenvalue weighted by molar-refractivity contribution is 6.34. The van der Waals surface area contributed by atoms with Gasteiger partial charge in [0.25, 0.3) is 0 Å². The lowest BCUT2D eigenvalue weighted by atomic mass is 9.78. The summed E-state index contributed by atoms with van der Waals surface area (Å²) in [5, 5.41) is 24.5. The molecule has 0 bridgehead atoms. The minimum absolute atomic E-state index is 0.162. The lowest BCUT2D eigenvalue weighted by molar-refractivity contribution is -0.0447. The Hall–Kier alpha value is -2.31. The minimum atomic E-state index is -1.02. The first-order valence-corrected chi connectivity index (χ1v) is 7.60. The molecule has 23 heavy (non-hydrogen) atoms. The minimum Gasteiger partial charge on any atom is -0.478 e. The Morgan fingerprint density at radius 2 is 2.13 bits per heavy atom. The van der Waals surface area contributed by atoms with E-state index >= 15 is 0 Å². The van der Waals surface area contributed by atoms with Crippen molar-refractivity contribution in [1.29, 1.82) is 0 Å². The van der Waals surface area contributed by atoms with Gasteiger partial charge < -0.3 is 19.7 Å². The van der Waals surface area contributed by atoms with Crippen LogP contribution in [0.3, 0.4) is 0 Å². The number of hydrogen-bond donors (Lipinski definition) is 3. The van der Waals surface area contributed by atoms with Crippen LogP contribution in [-0.2, 0) is 5.60 Å². The standard InChI is InChI=1S/C16H13ClN2O4/c17-11-5-12-8(10(7-18-12)15(20)21)4-9(11)13-6-14(19-23-13)16(22)2-1-3-16/h4-7,18,22H,1-3H2,(H,20,21). The molecule has 3 aromatic rings.